The molecule has 7 nitrogen and oxygen atoms in total. The minimum atomic E-state index is -0.773. The summed E-state index contributed by atoms with van der Waals surface area (Å²) >= 11 is 0. The number of hydrogen-bond acceptors (Lipinski definition) is 6. The average Bonchev–Trinajstić information content (AvgIpc) is 2.27. The summed E-state index contributed by atoms with van der Waals surface area (Å²) in [6.45, 7) is 0.913. The Morgan fingerprint density at radius 2 is 2.00 bits per heavy atom. The minimum Gasteiger partial charge on any atom is -0.481 e. The Morgan fingerprint density at radius 3 is 2.76 bits per heavy atom. The van der Waals surface area contributed by atoms with Gasteiger partial charge in [-0.05, 0) is 0 Å². The molecule has 1 aliphatic rings. The third-order valence-corrected chi connectivity index (χ3v) is 2.78. The number of carboxylic acid groups (broad SMARTS) is 1. The van der Waals surface area contributed by atoms with Crippen LogP contribution < -0.4 is 4.90 Å². The maximum Gasteiger partial charge on any atom is 0.310 e. The van der Waals surface area contributed by atoms with Crippen LogP contribution in [0.1, 0.15) is 0 Å². The molecule has 86 valence electrons. The van der Waals surface area contributed by atoms with Crippen molar-refractivity contribution in [2.45, 2.75) is 0 Å². The van der Waals surface area contributed by atoms with Gasteiger partial charge in [0, 0.05) is 25.5 Å². The molecule has 2 aromatic rings. The molecule has 3 heterocycles. The molecule has 3 rings (SSSR count). The van der Waals surface area contributed by atoms with Crippen LogP contribution in [-0.2, 0) is 4.79 Å². The second kappa shape index (κ2) is 3.62. The van der Waals surface area contributed by atoms with E-state index in [0.29, 0.717) is 30.1 Å². The van der Waals surface area contributed by atoms with Crippen LogP contribution in [0.4, 0.5) is 5.82 Å². The van der Waals surface area contributed by atoms with Crippen LogP contribution in [0.2, 0.25) is 0 Å². The van der Waals surface area contributed by atoms with Gasteiger partial charge in [-0.2, -0.15) is 0 Å². The summed E-state index contributed by atoms with van der Waals surface area (Å²) in [5, 5.41) is 8.82. The summed E-state index contributed by atoms with van der Waals surface area (Å²) in [7, 11) is 0. The van der Waals surface area contributed by atoms with Crippen LogP contribution in [0.15, 0.2) is 18.7 Å². The van der Waals surface area contributed by atoms with Gasteiger partial charge in [-0.25, -0.2) is 19.9 Å². The molecule has 0 bridgehead atoms. The number of rotatable bonds is 2. The van der Waals surface area contributed by atoms with Crippen molar-refractivity contribution >= 4 is 23.0 Å². The van der Waals surface area contributed by atoms with Crippen molar-refractivity contribution in [1.82, 2.24) is 19.9 Å². The molecule has 1 fully saturated rings. The summed E-state index contributed by atoms with van der Waals surface area (Å²) in [4.78, 5) is 29.0. The maximum atomic E-state index is 10.7. The smallest absolute Gasteiger partial charge is 0.310 e. The first-order valence-corrected chi connectivity index (χ1v) is 5.15. The van der Waals surface area contributed by atoms with E-state index in [0.717, 1.165) is 0 Å². The first-order valence-electron chi connectivity index (χ1n) is 5.15. The van der Waals surface area contributed by atoms with E-state index in [9.17, 15) is 4.79 Å². The van der Waals surface area contributed by atoms with Crippen molar-refractivity contribution in [1.29, 1.82) is 0 Å². The quantitative estimate of drug-likeness (QED) is 0.773. The number of anilines is 1. The third-order valence-electron chi connectivity index (χ3n) is 2.78. The van der Waals surface area contributed by atoms with Gasteiger partial charge in [0.25, 0.3) is 0 Å². The summed E-state index contributed by atoms with van der Waals surface area (Å²) < 4.78 is 0. The van der Waals surface area contributed by atoms with Crippen molar-refractivity contribution in [3.05, 3.63) is 18.7 Å². The molecule has 2 aromatic heterocycles. The fourth-order valence-corrected chi connectivity index (χ4v) is 1.82. The molecular weight excluding hydrogens is 222 g/mol. The Morgan fingerprint density at radius 1 is 1.24 bits per heavy atom. The highest BCUT2D eigenvalue weighted by atomic mass is 16.4. The molecule has 0 aromatic carbocycles. The van der Waals surface area contributed by atoms with Gasteiger partial charge in [-0.15, -0.1) is 0 Å². The van der Waals surface area contributed by atoms with Crippen molar-refractivity contribution in [2.24, 2.45) is 5.92 Å². The standard InChI is InChI=1S/C10H9N5O2/c16-10(17)6-3-15(4-6)9-7-8(13-5-14-9)12-2-1-11-7/h1-2,5-6H,3-4H2,(H,16,17). The van der Waals surface area contributed by atoms with E-state index >= 15 is 0 Å². The molecule has 0 radical (unpaired) electrons. The molecule has 1 saturated heterocycles. The number of carbonyl (C=O) groups is 1. The van der Waals surface area contributed by atoms with E-state index in [1.165, 1.54) is 6.33 Å². The van der Waals surface area contributed by atoms with Crippen LogP contribution in [-0.4, -0.2) is 44.1 Å². The van der Waals surface area contributed by atoms with Crippen LogP contribution in [0.5, 0.6) is 0 Å². The zero-order valence-electron chi connectivity index (χ0n) is 8.82. The highest BCUT2D eigenvalue weighted by Crippen LogP contribution is 2.26. The lowest BCUT2D eigenvalue weighted by molar-refractivity contribution is -0.142. The first kappa shape index (κ1) is 9.88. The Labute approximate surface area is 96.2 Å². The minimum absolute atomic E-state index is 0.323. The molecule has 1 N–H and O–H groups in total. The fraction of sp³-hybridized carbons (Fsp3) is 0.300. The first-order chi connectivity index (χ1) is 8.25. The fourth-order valence-electron chi connectivity index (χ4n) is 1.82. The van der Waals surface area contributed by atoms with Gasteiger partial charge in [0.05, 0.1) is 5.92 Å². The second-order valence-corrected chi connectivity index (χ2v) is 3.87. The number of hydrogen-bond donors (Lipinski definition) is 1. The monoisotopic (exact) mass is 231 g/mol. The summed E-state index contributed by atoms with van der Waals surface area (Å²) in [5.41, 5.74) is 1.13. The Hall–Kier alpha value is -2.31. The van der Waals surface area contributed by atoms with Crippen molar-refractivity contribution in [3.63, 3.8) is 0 Å². The zero-order valence-corrected chi connectivity index (χ0v) is 8.82. The lowest BCUT2D eigenvalue weighted by Crippen LogP contribution is -2.51. The zero-order chi connectivity index (χ0) is 11.8. The highest BCUT2D eigenvalue weighted by Gasteiger charge is 2.34. The van der Waals surface area contributed by atoms with Gasteiger partial charge in [-0.3, -0.25) is 4.79 Å². The van der Waals surface area contributed by atoms with Crippen LogP contribution in [0, 0.1) is 5.92 Å². The third kappa shape index (κ3) is 1.55. The Balaban J connectivity index is 1.94. The second-order valence-electron chi connectivity index (χ2n) is 3.87. The molecule has 0 saturated carbocycles. The Kier molecular flexibility index (Phi) is 2.10. The van der Waals surface area contributed by atoms with E-state index in [1.807, 2.05) is 4.90 Å². The highest BCUT2D eigenvalue weighted by molar-refractivity contribution is 5.84. The molecule has 1 aliphatic heterocycles. The largest absolute Gasteiger partial charge is 0.481 e. The average molecular weight is 231 g/mol. The van der Waals surface area contributed by atoms with Crippen LogP contribution >= 0.6 is 0 Å². The van der Waals surface area contributed by atoms with E-state index in [4.69, 9.17) is 5.11 Å². The number of fused-ring (bicyclic) bond motifs is 1. The van der Waals surface area contributed by atoms with Crippen molar-refractivity contribution in [2.75, 3.05) is 18.0 Å². The van der Waals surface area contributed by atoms with E-state index < -0.39 is 5.97 Å². The van der Waals surface area contributed by atoms with Crippen molar-refractivity contribution < 1.29 is 9.90 Å². The van der Waals surface area contributed by atoms with E-state index in [1.54, 1.807) is 12.4 Å². The lowest BCUT2D eigenvalue weighted by atomic mass is 10.0. The number of nitrogens with zero attached hydrogens (tertiary/aromatic N) is 5. The predicted octanol–water partition coefficient (Wildman–Crippen LogP) is -0.0594. The topological polar surface area (TPSA) is 92.1 Å². The summed E-state index contributed by atoms with van der Waals surface area (Å²) in [6.07, 6.45) is 4.55. The maximum absolute atomic E-state index is 10.7. The molecule has 7 heteroatoms. The van der Waals surface area contributed by atoms with Gasteiger partial charge in [0.1, 0.15) is 6.33 Å². The molecular formula is C10H9N5O2. The van der Waals surface area contributed by atoms with Gasteiger partial charge < -0.3 is 10.0 Å². The summed E-state index contributed by atoms with van der Waals surface area (Å²) in [6, 6.07) is 0. The molecule has 0 unspecified atom stereocenters. The van der Waals surface area contributed by atoms with Gasteiger partial charge in [0.2, 0.25) is 0 Å². The number of carboxylic acids is 1. The lowest BCUT2D eigenvalue weighted by Gasteiger charge is -2.37. The number of aliphatic carboxylic acids is 1. The van der Waals surface area contributed by atoms with E-state index in [2.05, 4.69) is 19.9 Å². The molecule has 0 amide bonds. The van der Waals surface area contributed by atoms with Gasteiger partial charge in [0.15, 0.2) is 17.0 Å². The molecule has 17 heavy (non-hydrogen) atoms. The predicted molar refractivity (Wildman–Crippen MR) is 58.5 cm³/mol. The van der Waals surface area contributed by atoms with Crippen LogP contribution in [0.3, 0.4) is 0 Å². The normalized spacial score (nSPS) is 15.9. The van der Waals surface area contributed by atoms with E-state index in [-0.39, 0.29) is 5.92 Å². The molecule has 0 aliphatic carbocycles. The molecule has 0 atom stereocenters. The summed E-state index contributed by atoms with van der Waals surface area (Å²) in [5.74, 6) is -0.442. The van der Waals surface area contributed by atoms with Gasteiger partial charge >= 0.3 is 5.97 Å². The van der Waals surface area contributed by atoms with Crippen LogP contribution in [0.25, 0.3) is 11.2 Å². The van der Waals surface area contributed by atoms with Crippen molar-refractivity contribution in [3.8, 4) is 0 Å². The SMILES string of the molecule is O=C(O)C1CN(c2ncnc3nccnc23)C1. The number of aromatic nitrogens is 4. The Bertz CT molecular complexity index is 576. The van der Waals surface area contributed by atoms with Gasteiger partial charge in [-0.1, -0.05) is 0 Å². The molecule has 0 spiro atoms.